The summed E-state index contributed by atoms with van der Waals surface area (Å²) in [6.45, 7) is 4.41. The van der Waals surface area contributed by atoms with Crippen molar-refractivity contribution >= 4 is 23.1 Å². The van der Waals surface area contributed by atoms with Crippen LogP contribution in [-0.2, 0) is 13.6 Å². The third-order valence-corrected chi connectivity index (χ3v) is 4.88. The van der Waals surface area contributed by atoms with Crippen LogP contribution in [0.1, 0.15) is 33.6 Å². The van der Waals surface area contributed by atoms with Crippen LogP contribution in [0.5, 0.6) is 0 Å². The average Bonchev–Trinajstić information content (AvgIpc) is 3.45. The summed E-state index contributed by atoms with van der Waals surface area (Å²) in [4.78, 5) is 29.2. The first-order chi connectivity index (χ1) is 14.4. The van der Waals surface area contributed by atoms with Crippen molar-refractivity contribution in [2.75, 3.05) is 12.4 Å². The van der Waals surface area contributed by atoms with E-state index in [-0.39, 0.29) is 17.3 Å². The van der Waals surface area contributed by atoms with Crippen LogP contribution in [0.25, 0.3) is 16.9 Å². The lowest BCUT2D eigenvalue weighted by molar-refractivity contribution is 0.0958. The molecule has 0 atom stereocenters. The Kier molecular flexibility index (Phi) is 4.78. The molecule has 11 heteroatoms. The maximum atomic E-state index is 12.9. The van der Waals surface area contributed by atoms with Gasteiger partial charge < -0.3 is 10.6 Å². The lowest BCUT2D eigenvalue weighted by Crippen LogP contribution is -2.21. The fourth-order valence-electron chi connectivity index (χ4n) is 3.11. The molecule has 0 aliphatic rings. The molecule has 30 heavy (non-hydrogen) atoms. The molecule has 154 valence electrons. The highest BCUT2D eigenvalue weighted by Crippen LogP contribution is 2.23. The molecule has 4 rings (SSSR count). The topological polar surface area (TPSA) is 124 Å². The highest BCUT2D eigenvalue weighted by molar-refractivity contribution is 6.07. The fourth-order valence-corrected chi connectivity index (χ4v) is 3.11. The molecular formula is C19H21N9O2. The van der Waals surface area contributed by atoms with Gasteiger partial charge in [0, 0.05) is 50.4 Å². The maximum Gasteiger partial charge on any atom is 0.276 e. The van der Waals surface area contributed by atoms with Gasteiger partial charge in [0.05, 0.1) is 17.6 Å². The van der Waals surface area contributed by atoms with Crippen molar-refractivity contribution in [3.63, 3.8) is 0 Å². The standard InChI is InChI=1S/C19H21N9O2/c1-5-27-10-14(17(25-27)19(30)20-3)23-18(29)13-8-16-21-7-6-15(28(16)24-13)12-9-22-26(4)11(12)2/h6-10H,5H2,1-4H3,(H,20,30)(H,23,29). The monoisotopic (exact) mass is 407 g/mol. The number of carbonyl (C=O) groups is 2. The summed E-state index contributed by atoms with van der Waals surface area (Å²) in [6.07, 6.45) is 5.02. The van der Waals surface area contributed by atoms with Crippen molar-refractivity contribution in [1.29, 1.82) is 0 Å². The van der Waals surface area contributed by atoms with Crippen LogP contribution in [0.2, 0.25) is 0 Å². The summed E-state index contributed by atoms with van der Waals surface area (Å²) in [5, 5.41) is 18.2. The summed E-state index contributed by atoms with van der Waals surface area (Å²) in [5.74, 6) is -0.848. The number of nitrogens with zero attached hydrogens (tertiary/aromatic N) is 7. The SMILES string of the molecule is CCn1cc(NC(=O)c2cc3nccc(-c4cnn(C)c4C)n3n2)c(C(=O)NC)n1. The van der Waals surface area contributed by atoms with Crippen molar-refractivity contribution in [3.8, 4) is 11.3 Å². The molecule has 0 saturated heterocycles. The van der Waals surface area contributed by atoms with Crippen molar-refractivity contribution < 1.29 is 9.59 Å². The third kappa shape index (κ3) is 3.19. The maximum absolute atomic E-state index is 12.9. The van der Waals surface area contributed by atoms with Gasteiger partial charge >= 0.3 is 0 Å². The Labute approximate surface area is 171 Å². The van der Waals surface area contributed by atoms with E-state index < -0.39 is 5.91 Å². The van der Waals surface area contributed by atoms with E-state index in [4.69, 9.17) is 0 Å². The number of amides is 2. The molecule has 0 aliphatic carbocycles. The molecule has 0 unspecified atom stereocenters. The second-order valence-electron chi connectivity index (χ2n) is 6.68. The summed E-state index contributed by atoms with van der Waals surface area (Å²) in [6, 6.07) is 3.41. The van der Waals surface area contributed by atoms with Gasteiger partial charge in [-0.05, 0) is 19.9 Å². The fraction of sp³-hybridized carbons (Fsp3) is 0.263. The first-order valence-electron chi connectivity index (χ1n) is 9.37. The van der Waals surface area contributed by atoms with Crippen molar-refractivity contribution in [1.82, 2.24) is 39.5 Å². The van der Waals surface area contributed by atoms with E-state index in [1.54, 1.807) is 38.5 Å². The average molecular weight is 407 g/mol. The van der Waals surface area contributed by atoms with Crippen LogP contribution in [0.3, 0.4) is 0 Å². The molecule has 0 aliphatic heterocycles. The zero-order valence-corrected chi connectivity index (χ0v) is 17.0. The summed E-state index contributed by atoms with van der Waals surface area (Å²) < 4.78 is 4.95. The minimum absolute atomic E-state index is 0.140. The lowest BCUT2D eigenvalue weighted by atomic mass is 10.2. The van der Waals surface area contributed by atoms with E-state index in [9.17, 15) is 9.59 Å². The minimum Gasteiger partial charge on any atom is -0.354 e. The summed E-state index contributed by atoms with van der Waals surface area (Å²) >= 11 is 0. The van der Waals surface area contributed by atoms with E-state index in [2.05, 4.69) is 30.9 Å². The number of nitrogens with one attached hydrogen (secondary N) is 2. The molecule has 2 N–H and O–H groups in total. The van der Waals surface area contributed by atoms with E-state index in [1.807, 2.05) is 27.0 Å². The number of anilines is 1. The largest absolute Gasteiger partial charge is 0.354 e. The van der Waals surface area contributed by atoms with Crippen molar-refractivity contribution in [2.45, 2.75) is 20.4 Å². The van der Waals surface area contributed by atoms with Gasteiger partial charge in [0.25, 0.3) is 11.8 Å². The van der Waals surface area contributed by atoms with E-state index in [1.165, 1.54) is 7.05 Å². The molecule has 2 amide bonds. The Morgan fingerprint density at radius 2 is 2.00 bits per heavy atom. The Balaban J connectivity index is 1.70. The zero-order chi connectivity index (χ0) is 21.4. The zero-order valence-electron chi connectivity index (χ0n) is 17.0. The molecule has 4 heterocycles. The minimum atomic E-state index is -0.463. The first kappa shape index (κ1) is 19.3. The van der Waals surface area contributed by atoms with E-state index in [0.717, 1.165) is 17.0 Å². The normalized spacial score (nSPS) is 11.1. The number of hydrogen-bond donors (Lipinski definition) is 2. The van der Waals surface area contributed by atoms with E-state index in [0.29, 0.717) is 17.9 Å². The highest BCUT2D eigenvalue weighted by Gasteiger charge is 2.21. The molecule has 0 radical (unpaired) electrons. The number of hydrogen-bond acceptors (Lipinski definition) is 6. The molecule has 4 aromatic heterocycles. The van der Waals surface area contributed by atoms with Gasteiger partial charge in [0.1, 0.15) is 0 Å². The lowest BCUT2D eigenvalue weighted by Gasteiger charge is -2.04. The first-order valence-corrected chi connectivity index (χ1v) is 9.37. The predicted octanol–water partition coefficient (Wildman–Crippen LogP) is 1.27. The highest BCUT2D eigenvalue weighted by atomic mass is 16.2. The van der Waals surface area contributed by atoms with Gasteiger partial charge in [-0.15, -0.1) is 0 Å². The van der Waals surface area contributed by atoms with Gasteiger partial charge in [-0.2, -0.15) is 15.3 Å². The molecule has 0 aromatic carbocycles. The number of carbonyl (C=O) groups excluding carboxylic acids is 2. The molecular weight excluding hydrogens is 386 g/mol. The molecule has 0 fully saturated rings. The van der Waals surface area contributed by atoms with Gasteiger partial charge in [-0.1, -0.05) is 0 Å². The second-order valence-corrected chi connectivity index (χ2v) is 6.68. The molecule has 4 aromatic rings. The van der Waals surface area contributed by atoms with Crippen LogP contribution >= 0.6 is 0 Å². The second kappa shape index (κ2) is 7.43. The molecule has 0 bridgehead atoms. The van der Waals surface area contributed by atoms with Gasteiger partial charge in [-0.25, -0.2) is 9.50 Å². The van der Waals surface area contributed by atoms with Crippen LogP contribution in [0.4, 0.5) is 5.69 Å². The molecule has 11 nitrogen and oxygen atoms in total. The van der Waals surface area contributed by atoms with Gasteiger partial charge in [0.2, 0.25) is 0 Å². The number of fused-ring (bicyclic) bond motifs is 1. The summed E-state index contributed by atoms with van der Waals surface area (Å²) in [7, 11) is 3.37. The predicted molar refractivity (Wildman–Crippen MR) is 109 cm³/mol. The quantitative estimate of drug-likeness (QED) is 0.513. The van der Waals surface area contributed by atoms with Gasteiger partial charge in [-0.3, -0.25) is 19.0 Å². The number of aryl methyl sites for hydroxylation is 2. The molecule has 0 spiro atoms. The van der Waals surface area contributed by atoms with Crippen LogP contribution in [0.15, 0.2) is 30.7 Å². The number of aromatic nitrogens is 7. The van der Waals surface area contributed by atoms with Crippen LogP contribution in [0, 0.1) is 6.92 Å². The Morgan fingerprint density at radius 3 is 2.67 bits per heavy atom. The van der Waals surface area contributed by atoms with E-state index >= 15 is 0 Å². The summed E-state index contributed by atoms with van der Waals surface area (Å²) in [5.41, 5.74) is 3.78. The molecule has 0 saturated carbocycles. The third-order valence-electron chi connectivity index (χ3n) is 4.88. The number of rotatable bonds is 5. The van der Waals surface area contributed by atoms with Crippen molar-refractivity contribution in [2.24, 2.45) is 7.05 Å². The Morgan fingerprint density at radius 1 is 1.20 bits per heavy atom. The van der Waals surface area contributed by atoms with Gasteiger partial charge in [0.15, 0.2) is 17.0 Å². The van der Waals surface area contributed by atoms with Crippen molar-refractivity contribution in [3.05, 3.63) is 47.8 Å². The Hall–Kier alpha value is -4.02. The van der Waals surface area contributed by atoms with Crippen LogP contribution < -0.4 is 10.6 Å². The smallest absolute Gasteiger partial charge is 0.276 e. The van der Waals surface area contributed by atoms with Crippen LogP contribution in [-0.4, -0.2) is 53.0 Å². The Bertz CT molecular complexity index is 1260.